The summed E-state index contributed by atoms with van der Waals surface area (Å²) in [4.78, 5) is -0.0993. The Hall–Kier alpha value is -2.51. The molecule has 1 atom stereocenters. The molecular formula is C22H21N3O5S4. The summed E-state index contributed by atoms with van der Waals surface area (Å²) in [5.41, 5.74) is 2.46. The van der Waals surface area contributed by atoms with Gasteiger partial charge >= 0.3 is 0 Å². The van der Waals surface area contributed by atoms with Crippen molar-refractivity contribution in [2.45, 2.75) is 30.2 Å². The van der Waals surface area contributed by atoms with E-state index in [4.69, 9.17) is 0 Å². The monoisotopic (exact) mass is 535 g/mol. The Morgan fingerprint density at radius 3 is 1.88 bits per heavy atom. The lowest BCUT2D eigenvalue weighted by Crippen LogP contribution is -2.31. The second-order valence-electron chi connectivity index (χ2n) is 7.52. The fourth-order valence-corrected chi connectivity index (χ4v) is 8.94. The van der Waals surface area contributed by atoms with E-state index in [0.29, 0.717) is 20.6 Å². The van der Waals surface area contributed by atoms with Crippen molar-refractivity contribution in [2.24, 2.45) is 4.40 Å². The highest BCUT2D eigenvalue weighted by atomic mass is 32.3. The van der Waals surface area contributed by atoms with Crippen molar-refractivity contribution in [2.75, 3.05) is 0 Å². The van der Waals surface area contributed by atoms with Crippen LogP contribution in [0, 0.1) is 13.8 Å². The van der Waals surface area contributed by atoms with E-state index >= 15 is 0 Å². The lowest BCUT2D eigenvalue weighted by Gasteiger charge is -2.16. The minimum Gasteiger partial charge on any atom is -0.249 e. The first-order valence-corrected chi connectivity index (χ1v) is 14.7. The molecule has 1 aliphatic heterocycles. The molecule has 1 heterocycles. The van der Waals surface area contributed by atoms with Crippen LogP contribution in [0.1, 0.15) is 16.7 Å². The van der Waals surface area contributed by atoms with E-state index in [1.807, 2.05) is 19.9 Å². The van der Waals surface area contributed by atoms with Crippen LogP contribution in [-0.4, -0.2) is 33.6 Å². The Bertz CT molecular complexity index is 1460. The smallest absolute Gasteiger partial charge is 0.249 e. The number of hydrogen-bond donors (Lipinski definition) is 0. The van der Waals surface area contributed by atoms with Gasteiger partial charge in [-0.1, -0.05) is 65.7 Å². The number of benzene rings is 3. The molecule has 0 bridgehead atoms. The van der Waals surface area contributed by atoms with Crippen LogP contribution in [0.3, 0.4) is 0 Å². The molecule has 0 spiro atoms. The molecule has 0 aromatic heterocycles. The van der Waals surface area contributed by atoms with Crippen molar-refractivity contribution in [1.82, 2.24) is 7.42 Å². The van der Waals surface area contributed by atoms with Gasteiger partial charge in [-0.05, 0) is 46.8 Å². The van der Waals surface area contributed by atoms with Crippen LogP contribution in [0.25, 0.3) is 0 Å². The quantitative estimate of drug-likeness (QED) is 0.445. The summed E-state index contributed by atoms with van der Waals surface area (Å²) in [6.07, 6.45) is 0. The van der Waals surface area contributed by atoms with Gasteiger partial charge in [0, 0.05) is 11.9 Å². The first-order chi connectivity index (χ1) is 16.1. The molecule has 1 unspecified atom stereocenters. The number of rotatable bonds is 6. The summed E-state index contributed by atoms with van der Waals surface area (Å²) in [6.45, 7) is 3.65. The van der Waals surface area contributed by atoms with E-state index < -0.39 is 31.2 Å². The Labute approximate surface area is 206 Å². The van der Waals surface area contributed by atoms with Gasteiger partial charge in [0.25, 0.3) is 20.0 Å². The summed E-state index contributed by atoms with van der Waals surface area (Å²) in [5, 5.41) is -0.196. The SMILES string of the molecule is Cc1ccc(S(=O)(=O)N=C2SN(S(=O)(=O)c3ccc(C)cc3)S(=O)N2Cc2ccccc2)cc1. The van der Waals surface area contributed by atoms with Gasteiger partial charge in [0.05, 0.1) is 16.3 Å². The van der Waals surface area contributed by atoms with E-state index in [9.17, 15) is 21.0 Å². The van der Waals surface area contributed by atoms with Crippen LogP contribution < -0.4 is 0 Å². The number of sulfonamides is 2. The standard InChI is InChI=1S/C22H21N3O5S4/c1-17-8-12-20(13-9-17)33(27,28)23-22-24(16-19-6-4-3-5-7-19)32(26)25(31-22)34(29,30)21-14-10-18(2)11-15-21/h3-15H,16H2,1-2H3. The highest BCUT2D eigenvalue weighted by Crippen LogP contribution is 2.37. The summed E-state index contributed by atoms with van der Waals surface area (Å²) >= 11 is -1.73. The van der Waals surface area contributed by atoms with Crippen molar-refractivity contribution in [3.05, 3.63) is 95.6 Å². The van der Waals surface area contributed by atoms with Crippen LogP contribution in [0.15, 0.2) is 93.1 Å². The first kappa shape index (κ1) is 24.6. The molecule has 34 heavy (non-hydrogen) atoms. The molecular weight excluding hydrogens is 515 g/mol. The molecule has 0 N–H and O–H groups in total. The summed E-state index contributed by atoms with van der Waals surface area (Å²) in [7, 11) is -8.39. The van der Waals surface area contributed by atoms with Gasteiger partial charge < -0.3 is 0 Å². The van der Waals surface area contributed by atoms with E-state index in [1.165, 1.54) is 24.3 Å². The molecule has 0 amide bonds. The first-order valence-electron chi connectivity index (χ1n) is 10.0. The molecule has 0 aliphatic carbocycles. The third kappa shape index (κ3) is 5.10. The second-order valence-corrected chi connectivity index (χ2v) is 13.8. The van der Waals surface area contributed by atoms with Gasteiger partial charge in [-0.25, -0.2) is 16.9 Å². The van der Waals surface area contributed by atoms with Gasteiger partial charge in [0.2, 0.25) is 16.3 Å². The highest BCUT2D eigenvalue weighted by molar-refractivity contribution is 8.29. The third-order valence-electron chi connectivity index (χ3n) is 4.89. The topological polar surface area (TPSA) is 104 Å². The number of nitrogens with zero attached hydrogens (tertiary/aromatic N) is 3. The molecule has 12 heteroatoms. The molecule has 1 fully saturated rings. The molecule has 1 saturated heterocycles. The summed E-state index contributed by atoms with van der Waals surface area (Å²) in [6, 6.07) is 21.1. The number of hydrogen-bond acceptors (Lipinski definition) is 6. The zero-order valence-electron chi connectivity index (χ0n) is 18.2. The maximum absolute atomic E-state index is 13.4. The van der Waals surface area contributed by atoms with E-state index in [1.54, 1.807) is 48.5 Å². The predicted octanol–water partition coefficient (Wildman–Crippen LogP) is 3.78. The molecule has 0 radical (unpaired) electrons. The van der Waals surface area contributed by atoms with Gasteiger partial charge in [-0.3, -0.25) is 0 Å². The summed E-state index contributed by atoms with van der Waals surface area (Å²) < 4.78 is 71.6. The Balaban J connectivity index is 1.76. The van der Waals surface area contributed by atoms with Crippen LogP contribution in [0.2, 0.25) is 0 Å². The Kier molecular flexibility index (Phi) is 6.97. The van der Waals surface area contributed by atoms with E-state index in [0.717, 1.165) is 15.4 Å². The Morgan fingerprint density at radius 2 is 1.32 bits per heavy atom. The van der Waals surface area contributed by atoms with Crippen molar-refractivity contribution in [3.8, 4) is 0 Å². The van der Waals surface area contributed by atoms with Crippen LogP contribution in [0.5, 0.6) is 0 Å². The third-order valence-corrected chi connectivity index (χ3v) is 11.6. The predicted molar refractivity (Wildman–Crippen MR) is 134 cm³/mol. The van der Waals surface area contributed by atoms with Crippen LogP contribution in [0.4, 0.5) is 0 Å². The molecule has 0 saturated carbocycles. The molecule has 3 aromatic carbocycles. The normalized spacial score (nSPS) is 18.5. The van der Waals surface area contributed by atoms with Gasteiger partial charge in [-0.2, -0.15) is 8.42 Å². The van der Waals surface area contributed by atoms with Gasteiger partial charge in [-0.15, -0.1) is 4.40 Å². The number of aryl methyl sites for hydroxylation is 2. The van der Waals surface area contributed by atoms with Gasteiger partial charge in [0.15, 0.2) is 0 Å². The molecule has 178 valence electrons. The lowest BCUT2D eigenvalue weighted by molar-refractivity contribution is 0.564. The highest BCUT2D eigenvalue weighted by Gasteiger charge is 2.44. The second kappa shape index (κ2) is 9.62. The minimum absolute atomic E-state index is 0.00260. The molecule has 4 rings (SSSR count). The van der Waals surface area contributed by atoms with Gasteiger partial charge in [0.1, 0.15) is 0 Å². The fraction of sp³-hybridized carbons (Fsp3) is 0.136. The maximum Gasteiger partial charge on any atom is 0.284 e. The average Bonchev–Trinajstić information content (AvgIpc) is 3.10. The average molecular weight is 536 g/mol. The van der Waals surface area contributed by atoms with Crippen molar-refractivity contribution in [3.63, 3.8) is 0 Å². The summed E-state index contributed by atoms with van der Waals surface area (Å²) in [5.74, 6) is 0. The lowest BCUT2D eigenvalue weighted by atomic mass is 10.2. The fourth-order valence-electron chi connectivity index (χ4n) is 3.02. The van der Waals surface area contributed by atoms with Crippen LogP contribution >= 0.6 is 11.9 Å². The minimum atomic E-state index is -4.21. The largest absolute Gasteiger partial charge is 0.284 e. The Morgan fingerprint density at radius 1 is 0.794 bits per heavy atom. The molecule has 3 aromatic rings. The molecule has 1 aliphatic rings. The maximum atomic E-state index is 13.4. The number of amidine groups is 1. The zero-order valence-corrected chi connectivity index (χ0v) is 21.5. The van der Waals surface area contributed by atoms with Crippen LogP contribution in [-0.2, 0) is 37.8 Å². The van der Waals surface area contributed by atoms with Crippen molar-refractivity contribution in [1.29, 1.82) is 0 Å². The zero-order chi connectivity index (χ0) is 24.5. The molecule has 8 nitrogen and oxygen atoms in total. The van der Waals surface area contributed by atoms with E-state index in [2.05, 4.69) is 4.40 Å². The van der Waals surface area contributed by atoms with E-state index in [-0.39, 0.29) is 21.5 Å². The van der Waals surface area contributed by atoms with Crippen molar-refractivity contribution >= 4 is 48.3 Å². The van der Waals surface area contributed by atoms with Crippen molar-refractivity contribution < 1.29 is 21.0 Å².